The van der Waals surface area contributed by atoms with E-state index in [0.717, 1.165) is 15.4 Å². The molecule has 4 aromatic carbocycles. The van der Waals surface area contributed by atoms with Gasteiger partial charge in [-0.15, -0.1) is 0 Å². The highest BCUT2D eigenvalue weighted by Gasteiger charge is 2.27. The molecule has 0 aliphatic carbocycles. The van der Waals surface area contributed by atoms with Crippen LogP contribution in [0.2, 0.25) is 0 Å². The second-order valence-corrected chi connectivity index (χ2v) is 11.1. The third-order valence-corrected chi connectivity index (χ3v) is 7.61. The Bertz CT molecular complexity index is 1600. The van der Waals surface area contributed by atoms with Crippen molar-refractivity contribution in [2.24, 2.45) is 5.10 Å². The number of anilines is 2. The third-order valence-electron chi connectivity index (χ3n) is 5.82. The maximum Gasteiger partial charge on any atom is 0.264 e. The number of nitrogens with one attached hydrogen (secondary N) is 2. The molecule has 10 heteroatoms. The lowest BCUT2D eigenvalue weighted by molar-refractivity contribution is -0.119. The van der Waals surface area contributed by atoms with Crippen LogP contribution in [0.3, 0.4) is 0 Å². The summed E-state index contributed by atoms with van der Waals surface area (Å²) >= 11 is 0. The largest absolute Gasteiger partial charge is 0.484 e. The van der Waals surface area contributed by atoms with E-state index >= 15 is 0 Å². The molecule has 0 spiro atoms. The SMILES string of the molecule is Cc1cc(C)cc(N(CC(=O)N/N=C/c2ccc(OCC(=O)Nc3ccccc3)cc2)S(=O)(=O)c2ccccc2)c1. The number of carbonyl (C=O) groups excluding carboxylic acids is 2. The Hall–Kier alpha value is -4.96. The minimum atomic E-state index is -4.02. The molecule has 0 fully saturated rings. The fraction of sp³-hybridized carbons (Fsp3) is 0.129. The maximum atomic E-state index is 13.5. The number of sulfonamides is 1. The van der Waals surface area contributed by atoms with Gasteiger partial charge in [0.25, 0.3) is 21.8 Å². The highest BCUT2D eigenvalue weighted by Crippen LogP contribution is 2.25. The number of ether oxygens (including phenoxy) is 1. The Morgan fingerprint density at radius 2 is 1.44 bits per heavy atom. The number of hydrogen-bond donors (Lipinski definition) is 2. The van der Waals surface area contributed by atoms with Crippen LogP contribution >= 0.6 is 0 Å². The Kier molecular flexibility index (Phi) is 9.49. The average Bonchev–Trinajstić information content (AvgIpc) is 2.96. The van der Waals surface area contributed by atoms with E-state index in [9.17, 15) is 18.0 Å². The summed E-state index contributed by atoms with van der Waals surface area (Å²) in [5.74, 6) is -0.400. The first-order chi connectivity index (χ1) is 19.7. The summed E-state index contributed by atoms with van der Waals surface area (Å²) in [6, 6.07) is 29.2. The number of hydrogen-bond acceptors (Lipinski definition) is 6. The summed E-state index contributed by atoms with van der Waals surface area (Å²) in [5, 5.41) is 6.72. The summed E-state index contributed by atoms with van der Waals surface area (Å²) in [7, 11) is -4.02. The van der Waals surface area contributed by atoms with Gasteiger partial charge in [0.1, 0.15) is 12.3 Å². The van der Waals surface area contributed by atoms with Gasteiger partial charge in [-0.25, -0.2) is 13.8 Å². The average molecular weight is 571 g/mol. The monoisotopic (exact) mass is 570 g/mol. The van der Waals surface area contributed by atoms with Gasteiger partial charge >= 0.3 is 0 Å². The first-order valence-corrected chi connectivity index (χ1v) is 14.2. The lowest BCUT2D eigenvalue weighted by atomic mass is 10.1. The lowest BCUT2D eigenvalue weighted by Crippen LogP contribution is -2.39. The smallest absolute Gasteiger partial charge is 0.264 e. The van der Waals surface area contributed by atoms with E-state index < -0.39 is 22.5 Å². The Morgan fingerprint density at radius 3 is 2.07 bits per heavy atom. The van der Waals surface area contributed by atoms with Crippen LogP contribution in [-0.4, -0.2) is 39.6 Å². The molecule has 41 heavy (non-hydrogen) atoms. The van der Waals surface area contributed by atoms with Gasteiger partial charge < -0.3 is 10.1 Å². The third kappa shape index (κ3) is 8.26. The molecule has 9 nitrogen and oxygen atoms in total. The van der Waals surface area contributed by atoms with Crippen LogP contribution in [-0.2, 0) is 19.6 Å². The quantitative estimate of drug-likeness (QED) is 0.201. The van der Waals surface area contributed by atoms with Crippen molar-refractivity contribution in [2.75, 3.05) is 22.8 Å². The molecule has 2 amide bonds. The normalized spacial score (nSPS) is 11.2. The predicted octanol–water partition coefficient (Wildman–Crippen LogP) is 4.67. The van der Waals surface area contributed by atoms with Crippen LogP contribution in [0, 0.1) is 13.8 Å². The van der Waals surface area contributed by atoms with Gasteiger partial charge in [-0.2, -0.15) is 5.10 Å². The van der Waals surface area contributed by atoms with Crippen molar-refractivity contribution in [1.82, 2.24) is 5.43 Å². The topological polar surface area (TPSA) is 117 Å². The number of carbonyl (C=O) groups is 2. The number of amides is 2. The summed E-state index contributed by atoms with van der Waals surface area (Å²) in [4.78, 5) is 25.0. The van der Waals surface area contributed by atoms with Crippen molar-refractivity contribution in [2.45, 2.75) is 18.7 Å². The van der Waals surface area contributed by atoms with Crippen LogP contribution in [0.5, 0.6) is 5.75 Å². The zero-order chi connectivity index (χ0) is 29.2. The number of aryl methyl sites for hydroxylation is 2. The van der Waals surface area contributed by atoms with E-state index in [2.05, 4.69) is 15.8 Å². The van der Waals surface area contributed by atoms with Crippen molar-refractivity contribution >= 4 is 39.4 Å². The molecule has 0 saturated carbocycles. The Balaban J connectivity index is 1.37. The van der Waals surface area contributed by atoms with E-state index in [-0.39, 0.29) is 17.4 Å². The van der Waals surface area contributed by atoms with Gasteiger partial charge in [-0.3, -0.25) is 13.9 Å². The van der Waals surface area contributed by atoms with Crippen LogP contribution in [0.1, 0.15) is 16.7 Å². The van der Waals surface area contributed by atoms with Gasteiger partial charge in [0.2, 0.25) is 0 Å². The molecule has 4 rings (SSSR count). The molecule has 4 aromatic rings. The van der Waals surface area contributed by atoms with Gasteiger partial charge in [-0.05, 0) is 91.2 Å². The van der Waals surface area contributed by atoms with Crippen LogP contribution in [0.4, 0.5) is 11.4 Å². The number of para-hydroxylation sites is 1. The van der Waals surface area contributed by atoms with E-state index in [0.29, 0.717) is 22.7 Å². The second kappa shape index (κ2) is 13.4. The predicted molar refractivity (Wildman–Crippen MR) is 160 cm³/mol. The molecular formula is C31H30N4O5S. The minimum Gasteiger partial charge on any atom is -0.484 e. The van der Waals surface area contributed by atoms with E-state index in [1.165, 1.54) is 18.3 Å². The van der Waals surface area contributed by atoms with Gasteiger partial charge in [0, 0.05) is 5.69 Å². The molecule has 2 N–H and O–H groups in total. The van der Waals surface area contributed by atoms with Crippen molar-refractivity contribution in [3.05, 3.63) is 120 Å². The molecule has 0 bridgehead atoms. The first kappa shape index (κ1) is 29.0. The molecule has 0 unspecified atom stereocenters. The molecule has 0 heterocycles. The van der Waals surface area contributed by atoms with Gasteiger partial charge in [0.05, 0.1) is 16.8 Å². The van der Waals surface area contributed by atoms with Crippen molar-refractivity contribution < 1.29 is 22.7 Å². The lowest BCUT2D eigenvalue weighted by Gasteiger charge is -2.24. The fourth-order valence-electron chi connectivity index (χ4n) is 3.99. The van der Waals surface area contributed by atoms with Crippen molar-refractivity contribution in [3.63, 3.8) is 0 Å². The number of hydrazone groups is 1. The summed E-state index contributed by atoms with van der Waals surface area (Å²) in [6.07, 6.45) is 1.43. The molecule has 0 aliphatic heterocycles. The minimum absolute atomic E-state index is 0.0790. The van der Waals surface area contributed by atoms with Gasteiger partial charge in [-0.1, -0.05) is 42.5 Å². The zero-order valence-corrected chi connectivity index (χ0v) is 23.5. The number of rotatable bonds is 11. The first-order valence-electron chi connectivity index (χ1n) is 12.8. The van der Waals surface area contributed by atoms with Crippen LogP contribution < -0.4 is 19.8 Å². The molecule has 0 aliphatic rings. The molecule has 0 aromatic heterocycles. The molecule has 0 radical (unpaired) electrons. The number of nitrogens with zero attached hydrogens (tertiary/aromatic N) is 2. The van der Waals surface area contributed by atoms with E-state index in [1.54, 1.807) is 66.7 Å². The van der Waals surface area contributed by atoms with Crippen molar-refractivity contribution in [3.8, 4) is 5.75 Å². The van der Waals surface area contributed by atoms with Gasteiger partial charge in [0.15, 0.2) is 6.61 Å². The summed E-state index contributed by atoms with van der Waals surface area (Å²) < 4.78 is 33.5. The van der Waals surface area contributed by atoms with Crippen LogP contribution in [0.15, 0.2) is 113 Å². The molecule has 210 valence electrons. The van der Waals surface area contributed by atoms with Crippen molar-refractivity contribution in [1.29, 1.82) is 0 Å². The highest BCUT2D eigenvalue weighted by molar-refractivity contribution is 7.92. The zero-order valence-electron chi connectivity index (χ0n) is 22.7. The standard InChI is InChI=1S/C31H30N4O5S/c1-23-17-24(2)19-27(18-23)35(41(38,39)29-11-7-4-8-12-29)21-30(36)34-32-20-25-13-15-28(16-14-25)40-22-31(37)33-26-9-5-3-6-10-26/h3-20H,21-22H2,1-2H3,(H,33,37)(H,34,36)/b32-20+. The summed E-state index contributed by atoms with van der Waals surface area (Å²) in [5.41, 5.74) is 5.88. The number of benzene rings is 4. The van der Waals surface area contributed by atoms with Crippen LogP contribution in [0.25, 0.3) is 0 Å². The maximum absolute atomic E-state index is 13.5. The highest BCUT2D eigenvalue weighted by atomic mass is 32.2. The molecule has 0 atom stereocenters. The summed E-state index contributed by atoms with van der Waals surface area (Å²) in [6.45, 7) is 3.12. The Morgan fingerprint density at radius 1 is 0.829 bits per heavy atom. The van der Waals surface area contributed by atoms with E-state index in [1.807, 2.05) is 38.1 Å². The fourth-order valence-corrected chi connectivity index (χ4v) is 5.42. The molecule has 0 saturated heterocycles. The second-order valence-electron chi connectivity index (χ2n) is 9.24. The van der Waals surface area contributed by atoms with E-state index in [4.69, 9.17) is 4.74 Å². The molecular weight excluding hydrogens is 540 g/mol. The Labute approximate surface area is 239 Å².